The van der Waals surface area contributed by atoms with Crippen LogP contribution in [0.15, 0.2) is 42.5 Å². The number of anilines is 1. The van der Waals surface area contributed by atoms with E-state index in [4.69, 9.17) is 9.47 Å². The quantitative estimate of drug-likeness (QED) is 0.714. The van der Waals surface area contributed by atoms with E-state index in [-0.39, 0.29) is 5.91 Å². The van der Waals surface area contributed by atoms with Gasteiger partial charge in [-0.05, 0) is 74.5 Å². The molecule has 0 spiro atoms. The van der Waals surface area contributed by atoms with E-state index in [0.717, 1.165) is 55.2 Å². The second-order valence-corrected chi connectivity index (χ2v) is 7.92. The van der Waals surface area contributed by atoms with Crippen molar-refractivity contribution in [3.63, 3.8) is 0 Å². The molecule has 0 aromatic heterocycles. The molecule has 0 unspecified atom stereocenters. The molecule has 1 fully saturated rings. The number of likely N-dealkylation sites (tertiary alicyclic amines) is 1. The highest BCUT2D eigenvalue weighted by atomic mass is 16.5. The molecule has 154 valence electrons. The Kier molecular flexibility index (Phi) is 6.35. The number of hydrogen-bond acceptors (Lipinski definition) is 4. The topological polar surface area (TPSA) is 50.8 Å². The molecule has 2 aromatic carbocycles. The number of fused-ring (bicyclic) bond motifs is 1. The number of piperidine rings is 1. The summed E-state index contributed by atoms with van der Waals surface area (Å²) < 4.78 is 11.3. The third-order valence-corrected chi connectivity index (χ3v) is 6.06. The summed E-state index contributed by atoms with van der Waals surface area (Å²) in [5.41, 5.74) is 3.46. The van der Waals surface area contributed by atoms with Crippen molar-refractivity contribution in [3.05, 3.63) is 53.6 Å². The average molecular weight is 395 g/mol. The standard InChI is InChI=1S/C24H30N2O3/c1-28-20-8-6-18(7-9-20)19-12-15-26(16-13-19)14-3-17-29-23-5-2-4-22-21(23)10-11-24(27)25-22/h2,4-9,19H,3,10-17H2,1H3,(H,25,27). The number of amides is 1. The van der Waals surface area contributed by atoms with Gasteiger partial charge in [0.05, 0.1) is 13.7 Å². The molecule has 2 aliphatic rings. The van der Waals surface area contributed by atoms with Gasteiger partial charge in [-0.1, -0.05) is 18.2 Å². The van der Waals surface area contributed by atoms with Crippen molar-refractivity contribution in [2.75, 3.05) is 38.7 Å². The number of nitrogens with zero attached hydrogens (tertiary/aromatic N) is 1. The molecule has 0 aliphatic carbocycles. The first kappa shape index (κ1) is 19.8. The molecule has 1 saturated heterocycles. The van der Waals surface area contributed by atoms with Crippen molar-refractivity contribution in [2.24, 2.45) is 0 Å². The third kappa shape index (κ3) is 4.91. The predicted octanol–water partition coefficient (Wildman–Crippen LogP) is 4.23. The maximum Gasteiger partial charge on any atom is 0.224 e. The van der Waals surface area contributed by atoms with Gasteiger partial charge in [0.25, 0.3) is 0 Å². The van der Waals surface area contributed by atoms with E-state index in [1.165, 1.54) is 18.4 Å². The third-order valence-electron chi connectivity index (χ3n) is 6.06. The highest BCUT2D eigenvalue weighted by Gasteiger charge is 2.21. The number of hydrogen-bond donors (Lipinski definition) is 1. The minimum atomic E-state index is 0.0905. The van der Waals surface area contributed by atoms with Gasteiger partial charge >= 0.3 is 0 Å². The van der Waals surface area contributed by atoms with Crippen LogP contribution in [-0.2, 0) is 11.2 Å². The number of rotatable bonds is 7. The Morgan fingerprint density at radius 3 is 2.62 bits per heavy atom. The molecule has 2 heterocycles. The van der Waals surface area contributed by atoms with E-state index in [1.807, 2.05) is 18.2 Å². The van der Waals surface area contributed by atoms with Gasteiger partial charge < -0.3 is 19.7 Å². The highest BCUT2D eigenvalue weighted by Crippen LogP contribution is 2.31. The van der Waals surface area contributed by atoms with E-state index in [2.05, 4.69) is 34.5 Å². The molecule has 0 bridgehead atoms. The number of carbonyl (C=O) groups excluding carboxylic acids is 1. The fourth-order valence-corrected chi connectivity index (χ4v) is 4.36. The van der Waals surface area contributed by atoms with E-state index in [1.54, 1.807) is 7.11 Å². The van der Waals surface area contributed by atoms with E-state index in [9.17, 15) is 4.79 Å². The average Bonchev–Trinajstić information content (AvgIpc) is 2.77. The molecule has 1 amide bonds. The zero-order valence-electron chi connectivity index (χ0n) is 17.2. The van der Waals surface area contributed by atoms with Gasteiger partial charge in [-0.2, -0.15) is 0 Å². The monoisotopic (exact) mass is 394 g/mol. The summed E-state index contributed by atoms with van der Waals surface area (Å²) >= 11 is 0. The second kappa shape index (κ2) is 9.31. The van der Waals surface area contributed by atoms with Gasteiger partial charge in [-0.3, -0.25) is 4.79 Å². The Hall–Kier alpha value is -2.53. The van der Waals surface area contributed by atoms with E-state index in [0.29, 0.717) is 18.9 Å². The maximum atomic E-state index is 11.6. The number of methoxy groups -OCH3 is 1. The van der Waals surface area contributed by atoms with Crippen LogP contribution in [0.25, 0.3) is 0 Å². The molecule has 0 atom stereocenters. The summed E-state index contributed by atoms with van der Waals surface area (Å²) in [6.07, 6.45) is 4.73. The van der Waals surface area contributed by atoms with Crippen molar-refractivity contribution >= 4 is 11.6 Å². The van der Waals surface area contributed by atoms with Crippen LogP contribution in [0.3, 0.4) is 0 Å². The number of ether oxygens (including phenoxy) is 2. The SMILES string of the molecule is COc1ccc(C2CCN(CCCOc3cccc4c3CCC(=O)N4)CC2)cc1. The van der Waals surface area contributed by atoms with E-state index < -0.39 is 0 Å². The van der Waals surface area contributed by atoms with Crippen LogP contribution in [0.2, 0.25) is 0 Å². The number of nitrogens with one attached hydrogen (secondary N) is 1. The molecular formula is C24H30N2O3. The van der Waals surface area contributed by atoms with Gasteiger partial charge in [0.15, 0.2) is 0 Å². The predicted molar refractivity (Wildman–Crippen MR) is 115 cm³/mol. The van der Waals surface area contributed by atoms with Crippen molar-refractivity contribution in [3.8, 4) is 11.5 Å². The zero-order valence-corrected chi connectivity index (χ0v) is 17.2. The molecule has 0 radical (unpaired) electrons. The zero-order chi connectivity index (χ0) is 20.1. The van der Waals surface area contributed by atoms with Crippen molar-refractivity contribution < 1.29 is 14.3 Å². The van der Waals surface area contributed by atoms with Crippen molar-refractivity contribution in [1.82, 2.24) is 4.90 Å². The molecule has 1 N–H and O–H groups in total. The van der Waals surface area contributed by atoms with Crippen LogP contribution in [0, 0.1) is 0 Å². The van der Waals surface area contributed by atoms with Crippen LogP contribution < -0.4 is 14.8 Å². The fraction of sp³-hybridized carbons (Fsp3) is 0.458. The minimum absolute atomic E-state index is 0.0905. The second-order valence-electron chi connectivity index (χ2n) is 7.92. The van der Waals surface area contributed by atoms with Crippen LogP contribution >= 0.6 is 0 Å². The lowest BCUT2D eigenvalue weighted by molar-refractivity contribution is -0.116. The van der Waals surface area contributed by atoms with E-state index >= 15 is 0 Å². The number of benzene rings is 2. The maximum absolute atomic E-state index is 11.6. The van der Waals surface area contributed by atoms with Gasteiger partial charge in [0.1, 0.15) is 11.5 Å². The summed E-state index contributed by atoms with van der Waals surface area (Å²) in [6, 6.07) is 14.4. The lowest BCUT2D eigenvalue weighted by atomic mass is 9.89. The first-order valence-electron chi connectivity index (χ1n) is 10.6. The number of carbonyl (C=O) groups is 1. The fourth-order valence-electron chi connectivity index (χ4n) is 4.36. The molecule has 4 rings (SSSR count). The molecule has 2 aliphatic heterocycles. The summed E-state index contributed by atoms with van der Waals surface area (Å²) in [6.45, 7) is 4.07. The van der Waals surface area contributed by atoms with Gasteiger partial charge in [0, 0.05) is 24.2 Å². The van der Waals surface area contributed by atoms with Crippen molar-refractivity contribution in [2.45, 2.75) is 38.0 Å². The Morgan fingerprint density at radius 2 is 1.86 bits per heavy atom. The van der Waals surface area contributed by atoms with Gasteiger partial charge in [-0.25, -0.2) is 0 Å². The highest BCUT2D eigenvalue weighted by molar-refractivity contribution is 5.94. The molecule has 29 heavy (non-hydrogen) atoms. The Labute approximate surface area is 173 Å². The summed E-state index contributed by atoms with van der Waals surface area (Å²) in [5, 5.41) is 2.93. The summed E-state index contributed by atoms with van der Waals surface area (Å²) in [5.74, 6) is 2.58. The van der Waals surface area contributed by atoms with Crippen molar-refractivity contribution in [1.29, 1.82) is 0 Å². The Bertz CT molecular complexity index is 827. The first-order chi connectivity index (χ1) is 14.2. The molecule has 0 saturated carbocycles. The first-order valence-corrected chi connectivity index (χ1v) is 10.6. The molecule has 5 heteroatoms. The normalized spacial score (nSPS) is 17.5. The smallest absolute Gasteiger partial charge is 0.224 e. The Morgan fingerprint density at radius 1 is 1.07 bits per heavy atom. The van der Waals surface area contributed by atoms with Gasteiger partial charge in [-0.15, -0.1) is 0 Å². The van der Waals surface area contributed by atoms with Crippen LogP contribution in [0.5, 0.6) is 11.5 Å². The molecular weight excluding hydrogens is 364 g/mol. The summed E-state index contributed by atoms with van der Waals surface area (Å²) in [7, 11) is 1.71. The Balaban J connectivity index is 1.20. The molecule has 2 aromatic rings. The largest absolute Gasteiger partial charge is 0.497 e. The lowest BCUT2D eigenvalue weighted by Gasteiger charge is -2.32. The van der Waals surface area contributed by atoms with Gasteiger partial charge in [0.2, 0.25) is 5.91 Å². The van der Waals surface area contributed by atoms with Crippen LogP contribution in [0.1, 0.15) is 42.7 Å². The lowest BCUT2D eigenvalue weighted by Crippen LogP contribution is -2.34. The van der Waals surface area contributed by atoms with Crippen LogP contribution in [-0.4, -0.2) is 44.2 Å². The summed E-state index contributed by atoms with van der Waals surface area (Å²) in [4.78, 5) is 14.1. The minimum Gasteiger partial charge on any atom is -0.497 e. The van der Waals surface area contributed by atoms with Crippen LogP contribution in [0.4, 0.5) is 5.69 Å². The molecule has 5 nitrogen and oxygen atoms in total.